The molecule has 0 fully saturated rings. The molecule has 1 rings (SSSR count). The van der Waals surface area contributed by atoms with Gasteiger partial charge in [0.2, 0.25) is 0 Å². The van der Waals surface area contributed by atoms with Gasteiger partial charge in [-0.05, 0) is 44.4 Å². The molecule has 0 spiro atoms. The summed E-state index contributed by atoms with van der Waals surface area (Å²) in [5, 5.41) is 38.3. The van der Waals surface area contributed by atoms with E-state index in [0.717, 1.165) is 0 Å². The number of phenolic OH excluding ortho intramolecular Hbond substituents is 2. The van der Waals surface area contributed by atoms with Gasteiger partial charge in [-0.15, -0.1) is 0 Å². The standard InChI is InChI=1S/C15H20O5/c1-9-10(2)14(19)11(8-12(9)16)4-6-15(3,20)7-5-13(17)18/h4,6,8,16,19-20H,5,7H2,1-3H3,(H,17,18)/b6-4+. The number of benzene rings is 1. The number of aromatic hydroxyl groups is 2. The highest BCUT2D eigenvalue weighted by atomic mass is 16.4. The predicted molar refractivity (Wildman–Crippen MR) is 75.8 cm³/mol. The fourth-order valence-electron chi connectivity index (χ4n) is 1.75. The second-order valence-corrected chi connectivity index (χ2v) is 5.17. The first-order valence-electron chi connectivity index (χ1n) is 6.29. The second-order valence-electron chi connectivity index (χ2n) is 5.17. The molecule has 1 unspecified atom stereocenters. The Bertz CT molecular complexity index is 544. The largest absolute Gasteiger partial charge is 0.508 e. The van der Waals surface area contributed by atoms with Crippen molar-refractivity contribution < 1.29 is 25.2 Å². The number of hydrogen-bond acceptors (Lipinski definition) is 4. The van der Waals surface area contributed by atoms with Gasteiger partial charge in [0.1, 0.15) is 11.5 Å². The lowest BCUT2D eigenvalue weighted by atomic mass is 9.97. The zero-order valence-corrected chi connectivity index (χ0v) is 11.8. The summed E-state index contributed by atoms with van der Waals surface area (Å²) >= 11 is 0. The smallest absolute Gasteiger partial charge is 0.303 e. The highest BCUT2D eigenvalue weighted by Crippen LogP contribution is 2.33. The van der Waals surface area contributed by atoms with Gasteiger partial charge in [0.15, 0.2) is 0 Å². The minimum Gasteiger partial charge on any atom is -0.508 e. The van der Waals surface area contributed by atoms with E-state index in [4.69, 9.17) is 5.11 Å². The van der Waals surface area contributed by atoms with E-state index in [1.807, 2.05) is 0 Å². The summed E-state index contributed by atoms with van der Waals surface area (Å²) in [6, 6.07) is 1.40. The van der Waals surface area contributed by atoms with Crippen molar-refractivity contribution in [1.29, 1.82) is 0 Å². The number of phenols is 2. The van der Waals surface area contributed by atoms with E-state index in [2.05, 4.69) is 0 Å². The Kier molecular flexibility index (Phi) is 4.78. The normalized spacial score (nSPS) is 14.4. The first-order valence-corrected chi connectivity index (χ1v) is 6.29. The van der Waals surface area contributed by atoms with Crippen LogP contribution in [0.1, 0.15) is 36.5 Å². The number of hydrogen-bond donors (Lipinski definition) is 4. The van der Waals surface area contributed by atoms with Crippen LogP contribution in [0.2, 0.25) is 0 Å². The Morgan fingerprint density at radius 2 is 1.90 bits per heavy atom. The summed E-state index contributed by atoms with van der Waals surface area (Å²) in [5.41, 5.74) is 0.243. The molecular weight excluding hydrogens is 260 g/mol. The molecule has 110 valence electrons. The van der Waals surface area contributed by atoms with Gasteiger partial charge in [-0.3, -0.25) is 4.79 Å². The molecule has 0 aliphatic rings. The Labute approximate surface area is 117 Å². The van der Waals surface area contributed by atoms with Gasteiger partial charge in [-0.25, -0.2) is 0 Å². The first-order chi connectivity index (χ1) is 9.14. The second kappa shape index (κ2) is 5.96. The van der Waals surface area contributed by atoms with Crippen LogP contribution in [0.25, 0.3) is 6.08 Å². The summed E-state index contributed by atoms with van der Waals surface area (Å²) in [6.45, 7) is 4.87. The van der Waals surface area contributed by atoms with E-state index in [9.17, 15) is 20.1 Å². The fraction of sp³-hybridized carbons (Fsp3) is 0.400. The Morgan fingerprint density at radius 3 is 2.45 bits per heavy atom. The molecule has 0 bridgehead atoms. The number of carbonyl (C=O) groups is 1. The van der Waals surface area contributed by atoms with Gasteiger partial charge in [0, 0.05) is 12.0 Å². The number of aliphatic hydroxyl groups is 1. The maximum Gasteiger partial charge on any atom is 0.303 e. The van der Waals surface area contributed by atoms with E-state index in [1.54, 1.807) is 13.8 Å². The van der Waals surface area contributed by atoms with Crippen molar-refractivity contribution >= 4 is 12.0 Å². The molecule has 0 heterocycles. The molecule has 0 radical (unpaired) electrons. The topological polar surface area (TPSA) is 98.0 Å². The van der Waals surface area contributed by atoms with Crippen LogP contribution < -0.4 is 0 Å². The number of rotatable bonds is 5. The lowest BCUT2D eigenvalue weighted by Crippen LogP contribution is -2.21. The van der Waals surface area contributed by atoms with E-state index >= 15 is 0 Å². The van der Waals surface area contributed by atoms with Crippen molar-refractivity contribution in [2.75, 3.05) is 0 Å². The molecule has 1 atom stereocenters. The Hall–Kier alpha value is -2.01. The minimum absolute atomic E-state index is 0.0329. The molecule has 5 heteroatoms. The van der Waals surface area contributed by atoms with Crippen LogP contribution in [-0.2, 0) is 4.79 Å². The lowest BCUT2D eigenvalue weighted by Gasteiger charge is -2.18. The summed E-state index contributed by atoms with van der Waals surface area (Å²) in [6.07, 6.45) is 2.81. The molecule has 0 aromatic heterocycles. The maximum atomic E-state index is 10.5. The fourth-order valence-corrected chi connectivity index (χ4v) is 1.75. The number of carboxylic acid groups (broad SMARTS) is 1. The highest BCUT2D eigenvalue weighted by Gasteiger charge is 2.18. The van der Waals surface area contributed by atoms with Crippen LogP contribution >= 0.6 is 0 Å². The third kappa shape index (κ3) is 3.99. The van der Waals surface area contributed by atoms with Crippen LogP contribution in [-0.4, -0.2) is 32.0 Å². The van der Waals surface area contributed by atoms with Crippen molar-refractivity contribution in [3.8, 4) is 11.5 Å². The van der Waals surface area contributed by atoms with Gasteiger partial charge in [-0.2, -0.15) is 0 Å². The maximum absolute atomic E-state index is 10.5. The molecular formula is C15H20O5. The third-order valence-corrected chi connectivity index (χ3v) is 3.33. The van der Waals surface area contributed by atoms with Crippen molar-refractivity contribution in [1.82, 2.24) is 0 Å². The SMILES string of the molecule is Cc1c(O)cc(/C=C/C(C)(O)CCC(=O)O)c(O)c1C. The van der Waals surface area contributed by atoms with Gasteiger partial charge in [0.05, 0.1) is 5.60 Å². The molecule has 1 aromatic rings. The molecule has 1 aromatic carbocycles. The summed E-state index contributed by atoms with van der Waals surface area (Å²) in [4.78, 5) is 10.5. The molecule has 0 saturated carbocycles. The van der Waals surface area contributed by atoms with E-state index < -0.39 is 11.6 Å². The average Bonchev–Trinajstić information content (AvgIpc) is 2.37. The van der Waals surface area contributed by atoms with Crippen LogP contribution in [0, 0.1) is 13.8 Å². The number of carboxylic acids is 1. The summed E-state index contributed by atoms with van der Waals surface area (Å²) in [5.74, 6) is -0.888. The van der Waals surface area contributed by atoms with Crippen LogP contribution in [0.4, 0.5) is 0 Å². The van der Waals surface area contributed by atoms with E-state index in [-0.39, 0.29) is 24.3 Å². The number of aliphatic carboxylic acids is 1. The van der Waals surface area contributed by atoms with E-state index in [1.165, 1.54) is 25.1 Å². The van der Waals surface area contributed by atoms with Crippen molar-refractivity contribution in [3.05, 3.63) is 28.8 Å². The van der Waals surface area contributed by atoms with Gasteiger partial charge in [-0.1, -0.05) is 12.2 Å². The van der Waals surface area contributed by atoms with Crippen LogP contribution in [0.3, 0.4) is 0 Å². The predicted octanol–water partition coefficient (Wildman–Crippen LogP) is 2.34. The first kappa shape index (κ1) is 16.0. The third-order valence-electron chi connectivity index (χ3n) is 3.33. The molecule has 4 N–H and O–H groups in total. The summed E-state index contributed by atoms with van der Waals surface area (Å²) in [7, 11) is 0. The molecule has 0 aliphatic carbocycles. The van der Waals surface area contributed by atoms with Crippen molar-refractivity contribution in [2.45, 2.75) is 39.2 Å². The minimum atomic E-state index is -1.29. The van der Waals surface area contributed by atoms with Gasteiger partial charge >= 0.3 is 5.97 Å². The average molecular weight is 280 g/mol. The van der Waals surface area contributed by atoms with E-state index in [0.29, 0.717) is 16.7 Å². The summed E-state index contributed by atoms with van der Waals surface area (Å²) < 4.78 is 0. The van der Waals surface area contributed by atoms with Crippen molar-refractivity contribution in [3.63, 3.8) is 0 Å². The molecule has 0 aliphatic heterocycles. The van der Waals surface area contributed by atoms with Crippen molar-refractivity contribution in [2.24, 2.45) is 0 Å². The van der Waals surface area contributed by atoms with Gasteiger partial charge in [0.25, 0.3) is 0 Å². The zero-order chi connectivity index (χ0) is 15.5. The molecule has 5 nitrogen and oxygen atoms in total. The quantitative estimate of drug-likeness (QED) is 0.621. The highest BCUT2D eigenvalue weighted by molar-refractivity contribution is 5.67. The van der Waals surface area contributed by atoms with Gasteiger partial charge < -0.3 is 20.4 Å². The Balaban J connectivity index is 2.98. The monoisotopic (exact) mass is 280 g/mol. The lowest BCUT2D eigenvalue weighted by molar-refractivity contribution is -0.138. The van der Waals surface area contributed by atoms with Crippen LogP contribution in [0.15, 0.2) is 12.1 Å². The Morgan fingerprint density at radius 1 is 1.30 bits per heavy atom. The van der Waals surface area contributed by atoms with Crippen LogP contribution in [0.5, 0.6) is 11.5 Å². The molecule has 0 amide bonds. The zero-order valence-electron chi connectivity index (χ0n) is 11.8. The molecule has 20 heavy (non-hydrogen) atoms. The molecule has 0 saturated heterocycles.